The number of carbonyl (C=O) groups is 3. The van der Waals surface area contributed by atoms with Crippen LogP contribution in [-0.2, 0) is 19.1 Å². The molecule has 1 aliphatic heterocycles. The molecule has 0 bridgehead atoms. The molecule has 0 saturated carbocycles. The van der Waals surface area contributed by atoms with E-state index in [0.717, 1.165) is 0 Å². The number of ether oxygens (including phenoxy) is 1. The van der Waals surface area contributed by atoms with Gasteiger partial charge in [-0.25, -0.2) is 0 Å². The molecule has 0 N–H and O–H groups in total. The predicted octanol–water partition coefficient (Wildman–Crippen LogP) is -0.403. The molecule has 5 nitrogen and oxygen atoms in total. The Hall–Kier alpha value is -1.39. The summed E-state index contributed by atoms with van der Waals surface area (Å²) in [7, 11) is 1.57. The largest absolute Gasteiger partial charge is 0.465 e. The van der Waals surface area contributed by atoms with Crippen LogP contribution in [-0.4, -0.2) is 42.8 Å². The van der Waals surface area contributed by atoms with Crippen molar-refractivity contribution >= 4 is 17.7 Å². The second kappa shape index (κ2) is 4.21. The second-order valence-electron chi connectivity index (χ2n) is 3.16. The van der Waals surface area contributed by atoms with Crippen LogP contribution >= 0.6 is 0 Å². The fraction of sp³-hybridized carbons (Fsp3) is 0.667. The third-order valence-corrected chi connectivity index (χ3v) is 2.16. The SMILES string of the molecule is CCOC(=O)C1C(=O)CCN(C)C1=O. The minimum atomic E-state index is -1.23. The van der Waals surface area contributed by atoms with Gasteiger partial charge in [0.25, 0.3) is 0 Å². The zero-order valence-electron chi connectivity index (χ0n) is 8.28. The van der Waals surface area contributed by atoms with Crippen molar-refractivity contribution in [1.82, 2.24) is 4.90 Å². The summed E-state index contributed by atoms with van der Waals surface area (Å²) in [6.45, 7) is 2.20. The van der Waals surface area contributed by atoms with Crippen LogP contribution in [0.4, 0.5) is 0 Å². The third kappa shape index (κ3) is 1.92. The fourth-order valence-electron chi connectivity index (χ4n) is 1.35. The lowest BCUT2D eigenvalue weighted by Gasteiger charge is -2.26. The number of likely N-dealkylation sites (tertiary alicyclic amines) is 1. The maximum Gasteiger partial charge on any atom is 0.326 e. The van der Waals surface area contributed by atoms with Crippen LogP contribution in [0.5, 0.6) is 0 Å². The van der Waals surface area contributed by atoms with Crippen LogP contribution < -0.4 is 0 Å². The summed E-state index contributed by atoms with van der Waals surface area (Å²) in [5.41, 5.74) is 0. The van der Waals surface area contributed by atoms with Crippen LogP contribution in [0.15, 0.2) is 0 Å². The second-order valence-corrected chi connectivity index (χ2v) is 3.16. The molecule has 0 aromatic heterocycles. The lowest BCUT2D eigenvalue weighted by molar-refractivity contribution is -0.160. The van der Waals surface area contributed by atoms with Crippen LogP contribution in [0.3, 0.4) is 0 Å². The van der Waals surface area contributed by atoms with Crippen LogP contribution in [0.2, 0.25) is 0 Å². The number of carbonyl (C=O) groups excluding carboxylic acids is 3. The zero-order chi connectivity index (χ0) is 10.7. The Bertz CT molecular complexity index is 274. The topological polar surface area (TPSA) is 63.7 Å². The molecule has 1 atom stereocenters. The number of ketones is 1. The van der Waals surface area contributed by atoms with Gasteiger partial charge in [0.1, 0.15) is 0 Å². The predicted molar refractivity (Wildman–Crippen MR) is 47.4 cm³/mol. The summed E-state index contributed by atoms with van der Waals surface area (Å²) in [5, 5.41) is 0. The molecule has 0 spiro atoms. The van der Waals surface area contributed by atoms with Gasteiger partial charge in [0, 0.05) is 20.0 Å². The highest BCUT2D eigenvalue weighted by Crippen LogP contribution is 2.14. The summed E-state index contributed by atoms with van der Waals surface area (Å²) >= 11 is 0. The van der Waals surface area contributed by atoms with E-state index in [1.807, 2.05) is 0 Å². The molecule has 1 unspecified atom stereocenters. The Balaban J connectivity index is 2.77. The first-order valence-corrected chi connectivity index (χ1v) is 4.52. The molecule has 5 heteroatoms. The average molecular weight is 199 g/mol. The summed E-state index contributed by atoms with van der Waals surface area (Å²) < 4.78 is 4.66. The number of Topliss-reactive ketones (excluding diaryl/α,β-unsaturated/α-hetero) is 1. The molecule has 14 heavy (non-hydrogen) atoms. The van der Waals surface area contributed by atoms with E-state index in [1.54, 1.807) is 14.0 Å². The molecule has 0 aliphatic carbocycles. The monoisotopic (exact) mass is 199 g/mol. The zero-order valence-corrected chi connectivity index (χ0v) is 8.28. The van der Waals surface area contributed by atoms with Gasteiger partial charge in [0.15, 0.2) is 11.7 Å². The van der Waals surface area contributed by atoms with Crippen LogP contribution in [0.25, 0.3) is 0 Å². The van der Waals surface area contributed by atoms with E-state index in [4.69, 9.17) is 0 Å². The smallest absolute Gasteiger partial charge is 0.326 e. The number of rotatable bonds is 2. The number of esters is 1. The van der Waals surface area contributed by atoms with Gasteiger partial charge >= 0.3 is 5.97 Å². The molecular formula is C9H13NO4. The van der Waals surface area contributed by atoms with Crippen LogP contribution in [0.1, 0.15) is 13.3 Å². The number of amides is 1. The van der Waals surface area contributed by atoms with Crippen molar-refractivity contribution in [1.29, 1.82) is 0 Å². The van der Waals surface area contributed by atoms with Crippen molar-refractivity contribution in [2.45, 2.75) is 13.3 Å². The summed E-state index contributed by atoms with van der Waals surface area (Å²) in [5.74, 6) is -2.76. The van der Waals surface area contributed by atoms with Gasteiger partial charge < -0.3 is 9.64 Å². The van der Waals surface area contributed by atoms with Crippen molar-refractivity contribution in [3.05, 3.63) is 0 Å². The molecule has 0 radical (unpaired) electrons. The normalized spacial score (nSPS) is 22.4. The Morgan fingerprint density at radius 2 is 2.21 bits per heavy atom. The Kier molecular flexibility index (Phi) is 3.22. The van der Waals surface area contributed by atoms with Gasteiger partial charge in [-0.3, -0.25) is 14.4 Å². The Morgan fingerprint density at radius 3 is 2.79 bits per heavy atom. The van der Waals surface area contributed by atoms with Gasteiger partial charge in [-0.2, -0.15) is 0 Å². The first-order valence-electron chi connectivity index (χ1n) is 4.52. The van der Waals surface area contributed by atoms with Crippen LogP contribution in [0, 0.1) is 5.92 Å². The van der Waals surface area contributed by atoms with E-state index in [1.165, 1.54) is 4.90 Å². The van der Waals surface area contributed by atoms with Gasteiger partial charge in [0.2, 0.25) is 5.91 Å². The van der Waals surface area contributed by atoms with Gasteiger partial charge in [-0.05, 0) is 6.92 Å². The minimum absolute atomic E-state index is 0.180. The van der Waals surface area contributed by atoms with E-state index in [9.17, 15) is 14.4 Å². The third-order valence-electron chi connectivity index (χ3n) is 2.16. The van der Waals surface area contributed by atoms with Crippen molar-refractivity contribution < 1.29 is 19.1 Å². The maximum absolute atomic E-state index is 11.5. The summed E-state index contributed by atoms with van der Waals surface area (Å²) in [4.78, 5) is 35.4. The molecule has 1 aliphatic rings. The van der Waals surface area contributed by atoms with E-state index in [-0.39, 0.29) is 18.8 Å². The fourth-order valence-corrected chi connectivity index (χ4v) is 1.35. The minimum Gasteiger partial charge on any atom is -0.465 e. The molecule has 0 aromatic carbocycles. The molecule has 1 rings (SSSR count). The molecule has 78 valence electrons. The highest BCUT2D eigenvalue weighted by Gasteiger charge is 2.40. The van der Waals surface area contributed by atoms with E-state index < -0.39 is 17.8 Å². The molecule has 0 aromatic rings. The van der Waals surface area contributed by atoms with E-state index in [0.29, 0.717) is 6.54 Å². The standard InChI is InChI=1S/C9H13NO4/c1-3-14-9(13)7-6(11)4-5-10(2)8(7)12/h7H,3-5H2,1-2H3. The quantitative estimate of drug-likeness (QED) is 0.448. The van der Waals surface area contributed by atoms with Crippen molar-refractivity contribution in [2.75, 3.05) is 20.2 Å². The average Bonchev–Trinajstić information content (AvgIpc) is 2.13. The molecule has 1 fully saturated rings. The van der Waals surface area contributed by atoms with Gasteiger partial charge in [0.05, 0.1) is 6.61 Å². The lowest BCUT2D eigenvalue weighted by Crippen LogP contribution is -2.47. The Labute approximate surface area is 82.0 Å². The molecule has 1 amide bonds. The molecule has 1 heterocycles. The first kappa shape index (κ1) is 10.7. The maximum atomic E-state index is 11.5. The first-order chi connectivity index (χ1) is 6.57. The van der Waals surface area contributed by atoms with Crippen molar-refractivity contribution in [3.63, 3.8) is 0 Å². The Morgan fingerprint density at radius 1 is 1.57 bits per heavy atom. The molecule has 1 saturated heterocycles. The molecular weight excluding hydrogens is 186 g/mol. The highest BCUT2D eigenvalue weighted by molar-refractivity contribution is 6.17. The van der Waals surface area contributed by atoms with Gasteiger partial charge in [-0.15, -0.1) is 0 Å². The number of piperidine rings is 1. The highest BCUT2D eigenvalue weighted by atomic mass is 16.5. The summed E-state index contributed by atoms with van der Waals surface area (Å²) in [6.07, 6.45) is 0.228. The van der Waals surface area contributed by atoms with Crippen molar-refractivity contribution in [3.8, 4) is 0 Å². The van der Waals surface area contributed by atoms with E-state index >= 15 is 0 Å². The number of hydrogen-bond acceptors (Lipinski definition) is 4. The number of hydrogen-bond donors (Lipinski definition) is 0. The number of nitrogens with zero attached hydrogens (tertiary/aromatic N) is 1. The lowest BCUT2D eigenvalue weighted by atomic mass is 9.96. The summed E-state index contributed by atoms with van der Waals surface area (Å²) in [6, 6.07) is 0. The van der Waals surface area contributed by atoms with E-state index in [2.05, 4.69) is 4.74 Å². The van der Waals surface area contributed by atoms with Gasteiger partial charge in [-0.1, -0.05) is 0 Å². The van der Waals surface area contributed by atoms with Crippen molar-refractivity contribution in [2.24, 2.45) is 5.92 Å².